The predicted molar refractivity (Wildman–Crippen MR) is 77.5 cm³/mol. The van der Waals surface area contributed by atoms with Crippen LogP contribution in [0.25, 0.3) is 0 Å². The largest absolute Gasteiger partial charge is 0.329 e. The third-order valence-electron chi connectivity index (χ3n) is 4.69. The van der Waals surface area contributed by atoms with Crippen molar-refractivity contribution >= 4 is 11.8 Å². The van der Waals surface area contributed by atoms with Gasteiger partial charge in [-0.3, -0.25) is 4.90 Å². The predicted octanol–water partition coefficient (Wildman–Crippen LogP) is 2.72. The highest BCUT2D eigenvalue weighted by molar-refractivity contribution is 7.99. The maximum atomic E-state index is 6.07. The SMILES string of the molecule is CN(C1CCSC1)C(CN)C1CCCCCC1. The number of likely N-dealkylation sites (N-methyl/N-ethyl adjacent to an activating group) is 1. The minimum absolute atomic E-state index is 0.636. The lowest BCUT2D eigenvalue weighted by molar-refractivity contribution is 0.129. The van der Waals surface area contributed by atoms with E-state index in [1.165, 1.54) is 56.5 Å². The van der Waals surface area contributed by atoms with Crippen LogP contribution in [0.4, 0.5) is 0 Å². The van der Waals surface area contributed by atoms with Crippen LogP contribution < -0.4 is 5.73 Å². The van der Waals surface area contributed by atoms with E-state index >= 15 is 0 Å². The molecule has 0 aromatic rings. The van der Waals surface area contributed by atoms with Gasteiger partial charge in [-0.05, 0) is 38.0 Å². The Morgan fingerprint density at radius 1 is 1.18 bits per heavy atom. The third kappa shape index (κ3) is 3.62. The van der Waals surface area contributed by atoms with Gasteiger partial charge >= 0.3 is 0 Å². The molecule has 2 nitrogen and oxygen atoms in total. The second-order valence-corrected chi connectivity index (χ2v) is 6.89. The highest BCUT2D eigenvalue weighted by atomic mass is 32.2. The second kappa shape index (κ2) is 7.01. The van der Waals surface area contributed by atoms with Gasteiger partial charge in [0.25, 0.3) is 0 Å². The molecule has 1 heterocycles. The van der Waals surface area contributed by atoms with Crippen LogP contribution in [0, 0.1) is 5.92 Å². The van der Waals surface area contributed by atoms with E-state index in [1.807, 2.05) is 0 Å². The monoisotopic (exact) mass is 256 g/mol. The smallest absolute Gasteiger partial charge is 0.0246 e. The van der Waals surface area contributed by atoms with Crippen LogP contribution in [-0.4, -0.2) is 42.1 Å². The minimum atomic E-state index is 0.636. The van der Waals surface area contributed by atoms with E-state index in [2.05, 4.69) is 23.7 Å². The van der Waals surface area contributed by atoms with Crippen molar-refractivity contribution in [1.29, 1.82) is 0 Å². The molecule has 0 amide bonds. The molecule has 2 N–H and O–H groups in total. The first kappa shape index (κ1) is 13.7. The van der Waals surface area contributed by atoms with Crippen LogP contribution >= 0.6 is 11.8 Å². The van der Waals surface area contributed by atoms with E-state index in [0.29, 0.717) is 6.04 Å². The summed E-state index contributed by atoms with van der Waals surface area (Å²) in [6.07, 6.45) is 9.92. The van der Waals surface area contributed by atoms with Gasteiger partial charge in [-0.2, -0.15) is 11.8 Å². The van der Waals surface area contributed by atoms with Gasteiger partial charge in [0, 0.05) is 24.4 Å². The lowest BCUT2D eigenvalue weighted by Gasteiger charge is -2.37. The first-order valence-electron chi connectivity index (χ1n) is 7.32. The number of nitrogens with two attached hydrogens (primary N) is 1. The van der Waals surface area contributed by atoms with Gasteiger partial charge in [-0.1, -0.05) is 25.7 Å². The number of hydrogen-bond donors (Lipinski definition) is 1. The van der Waals surface area contributed by atoms with Gasteiger partial charge in [0.05, 0.1) is 0 Å². The Labute approximate surface area is 111 Å². The molecule has 100 valence electrons. The molecule has 0 spiro atoms. The van der Waals surface area contributed by atoms with Gasteiger partial charge in [-0.25, -0.2) is 0 Å². The van der Waals surface area contributed by atoms with Gasteiger partial charge in [0.1, 0.15) is 0 Å². The fraction of sp³-hybridized carbons (Fsp3) is 1.00. The summed E-state index contributed by atoms with van der Waals surface area (Å²) in [7, 11) is 2.32. The average Bonchev–Trinajstić information content (AvgIpc) is 2.75. The Kier molecular flexibility index (Phi) is 5.64. The van der Waals surface area contributed by atoms with Crippen LogP contribution in [0.5, 0.6) is 0 Å². The summed E-state index contributed by atoms with van der Waals surface area (Å²) in [5.41, 5.74) is 6.07. The van der Waals surface area contributed by atoms with Crippen molar-refractivity contribution < 1.29 is 0 Å². The van der Waals surface area contributed by atoms with E-state index in [-0.39, 0.29) is 0 Å². The van der Waals surface area contributed by atoms with Crippen molar-refractivity contribution in [2.75, 3.05) is 25.1 Å². The normalized spacial score (nSPS) is 29.5. The lowest BCUT2D eigenvalue weighted by Crippen LogP contribution is -2.48. The van der Waals surface area contributed by atoms with Crippen molar-refractivity contribution in [2.24, 2.45) is 11.7 Å². The molecule has 3 heteroatoms. The molecule has 0 bridgehead atoms. The zero-order chi connectivity index (χ0) is 12.1. The van der Waals surface area contributed by atoms with Crippen LogP contribution in [0.1, 0.15) is 44.9 Å². The zero-order valence-corrected chi connectivity index (χ0v) is 12.1. The Balaban J connectivity index is 1.92. The molecule has 2 atom stereocenters. The maximum absolute atomic E-state index is 6.07. The number of nitrogens with zero attached hydrogens (tertiary/aromatic N) is 1. The Morgan fingerprint density at radius 3 is 2.41 bits per heavy atom. The van der Waals surface area contributed by atoms with Crippen molar-refractivity contribution in [3.05, 3.63) is 0 Å². The van der Waals surface area contributed by atoms with Crippen LogP contribution in [0.3, 0.4) is 0 Å². The summed E-state index contributed by atoms with van der Waals surface area (Å²) in [4.78, 5) is 2.62. The number of hydrogen-bond acceptors (Lipinski definition) is 3. The zero-order valence-electron chi connectivity index (χ0n) is 11.2. The topological polar surface area (TPSA) is 29.3 Å². The molecule has 0 radical (unpaired) electrons. The molecule has 1 saturated carbocycles. The quantitative estimate of drug-likeness (QED) is 0.784. The first-order valence-corrected chi connectivity index (χ1v) is 8.48. The Morgan fingerprint density at radius 2 is 1.88 bits per heavy atom. The summed E-state index contributed by atoms with van der Waals surface area (Å²) in [6, 6.07) is 1.42. The molecular weight excluding hydrogens is 228 g/mol. The molecule has 0 aromatic carbocycles. The van der Waals surface area contributed by atoms with Crippen LogP contribution in [-0.2, 0) is 0 Å². The van der Waals surface area contributed by atoms with E-state index in [0.717, 1.165) is 18.5 Å². The highest BCUT2D eigenvalue weighted by Crippen LogP contribution is 2.30. The standard InChI is InChI=1S/C14H28N2S/c1-16(13-8-9-17-11-13)14(10-15)12-6-4-2-3-5-7-12/h12-14H,2-11,15H2,1H3. The molecule has 2 rings (SSSR count). The molecular formula is C14H28N2S. The van der Waals surface area contributed by atoms with Crippen molar-refractivity contribution in [3.63, 3.8) is 0 Å². The fourth-order valence-corrected chi connectivity index (χ4v) is 4.78. The highest BCUT2D eigenvalue weighted by Gasteiger charge is 2.30. The molecule has 2 unspecified atom stereocenters. The van der Waals surface area contributed by atoms with E-state index in [9.17, 15) is 0 Å². The molecule has 0 aromatic heterocycles. The van der Waals surface area contributed by atoms with Gasteiger partial charge in [-0.15, -0.1) is 0 Å². The maximum Gasteiger partial charge on any atom is 0.0246 e. The molecule has 2 aliphatic rings. The van der Waals surface area contributed by atoms with Crippen LogP contribution in [0.2, 0.25) is 0 Å². The van der Waals surface area contributed by atoms with Gasteiger partial charge in [0.15, 0.2) is 0 Å². The summed E-state index contributed by atoms with van der Waals surface area (Å²) < 4.78 is 0. The fourth-order valence-electron chi connectivity index (χ4n) is 3.50. The van der Waals surface area contributed by atoms with Crippen molar-refractivity contribution in [3.8, 4) is 0 Å². The molecule has 17 heavy (non-hydrogen) atoms. The second-order valence-electron chi connectivity index (χ2n) is 5.74. The third-order valence-corrected chi connectivity index (χ3v) is 5.84. The van der Waals surface area contributed by atoms with E-state index in [4.69, 9.17) is 5.73 Å². The minimum Gasteiger partial charge on any atom is -0.329 e. The van der Waals surface area contributed by atoms with Gasteiger partial charge < -0.3 is 5.73 Å². The van der Waals surface area contributed by atoms with Crippen molar-refractivity contribution in [2.45, 2.75) is 57.0 Å². The Hall–Kier alpha value is 0.270. The summed E-state index contributed by atoms with van der Waals surface area (Å²) in [5.74, 6) is 3.52. The summed E-state index contributed by atoms with van der Waals surface area (Å²) in [6.45, 7) is 0.850. The summed E-state index contributed by atoms with van der Waals surface area (Å²) >= 11 is 2.11. The summed E-state index contributed by atoms with van der Waals surface area (Å²) in [5, 5.41) is 0. The molecule has 1 saturated heterocycles. The number of rotatable bonds is 4. The van der Waals surface area contributed by atoms with E-state index in [1.54, 1.807) is 0 Å². The average molecular weight is 256 g/mol. The first-order chi connectivity index (χ1) is 8.33. The van der Waals surface area contributed by atoms with Crippen LogP contribution in [0.15, 0.2) is 0 Å². The van der Waals surface area contributed by atoms with E-state index < -0.39 is 0 Å². The molecule has 2 fully saturated rings. The van der Waals surface area contributed by atoms with Crippen molar-refractivity contribution in [1.82, 2.24) is 4.90 Å². The number of thioether (sulfide) groups is 1. The molecule has 1 aliphatic carbocycles. The Bertz CT molecular complexity index is 206. The molecule has 1 aliphatic heterocycles. The lowest BCUT2D eigenvalue weighted by atomic mass is 9.90. The van der Waals surface area contributed by atoms with Gasteiger partial charge in [0.2, 0.25) is 0 Å².